The summed E-state index contributed by atoms with van der Waals surface area (Å²) >= 11 is 0. The molecule has 0 atom stereocenters. The fraction of sp³-hybridized carbons (Fsp3) is 0.267. The van der Waals surface area contributed by atoms with Crippen LogP contribution in [0.2, 0.25) is 0 Å². The third-order valence-corrected chi connectivity index (χ3v) is 2.85. The molecule has 2 aromatic rings. The fourth-order valence-electron chi connectivity index (χ4n) is 1.82. The molecule has 2 N–H and O–H groups in total. The number of nitrogens with one attached hydrogen (secondary N) is 2. The van der Waals surface area contributed by atoms with Gasteiger partial charge in [0.05, 0.1) is 37.5 Å². The van der Waals surface area contributed by atoms with E-state index in [1.165, 1.54) is 6.20 Å². The molecule has 2 rings (SSSR count). The van der Waals surface area contributed by atoms with Gasteiger partial charge in [-0.15, -0.1) is 0 Å². The summed E-state index contributed by atoms with van der Waals surface area (Å²) in [5, 5.41) is 5.32. The molecule has 0 aliphatic heterocycles. The minimum atomic E-state index is -0.420. The Morgan fingerprint density at radius 3 is 2.64 bits per heavy atom. The van der Waals surface area contributed by atoms with Gasteiger partial charge in [0.25, 0.3) is 0 Å². The van der Waals surface area contributed by atoms with Crippen molar-refractivity contribution in [3.8, 4) is 5.75 Å². The number of benzene rings is 1. The van der Waals surface area contributed by atoms with Crippen LogP contribution in [0.1, 0.15) is 11.3 Å². The van der Waals surface area contributed by atoms with Gasteiger partial charge in [0.1, 0.15) is 5.75 Å². The van der Waals surface area contributed by atoms with Crippen LogP contribution in [0.25, 0.3) is 0 Å². The molecule has 1 aromatic heterocycles. The number of carbonyl (C=O) groups excluding carboxylic acids is 1. The van der Waals surface area contributed by atoms with Gasteiger partial charge < -0.3 is 14.8 Å². The standard InChI is InChI=1S/C15H18N4O3/c1-10-7-17-14(8-16-10)19-15(20)18-12-5-4-11(9-21-2)6-13(12)22-3/h4-8H,9H2,1-3H3,(H2,17,18,19,20). The number of hydrogen-bond donors (Lipinski definition) is 2. The summed E-state index contributed by atoms with van der Waals surface area (Å²) in [6.07, 6.45) is 3.07. The third-order valence-electron chi connectivity index (χ3n) is 2.85. The minimum Gasteiger partial charge on any atom is -0.495 e. The lowest BCUT2D eigenvalue weighted by Crippen LogP contribution is -2.20. The van der Waals surface area contributed by atoms with Gasteiger partial charge in [-0.25, -0.2) is 9.78 Å². The molecule has 0 aliphatic carbocycles. The summed E-state index contributed by atoms with van der Waals surface area (Å²) in [5.41, 5.74) is 2.29. The van der Waals surface area contributed by atoms with Crippen molar-refractivity contribution in [2.75, 3.05) is 24.9 Å². The number of urea groups is 1. The Balaban J connectivity index is 2.05. The maximum Gasteiger partial charge on any atom is 0.324 e. The Hall–Kier alpha value is -2.67. The largest absolute Gasteiger partial charge is 0.495 e. The Morgan fingerprint density at radius 2 is 2.00 bits per heavy atom. The highest BCUT2D eigenvalue weighted by molar-refractivity contribution is 6.00. The van der Waals surface area contributed by atoms with E-state index in [1.807, 2.05) is 19.1 Å². The number of amides is 2. The highest BCUT2D eigenvalue weighted by Gasteiger charge is 2.09. The number of nitrogens with zero attached hydrogens (tertiary/aromatic N) is 2. The van der Waals surface area contributed by atoms with Crippen molar-refractivity contribution < 1.29 is 14.3 Å². The van der Waals surface area contributed by atoms with Crippen LogP contribution in [0.15, 0.2) is 30.6 Å². The molecular formula is C15H18N4O3. The zero-order chi connectivity index (χ0) is 15.9. The number of hydrogen-bond acceptors (Lipinski definition) is 5. The Morgan fingerprint density at radius 1 is 1.18 bits per heavy atom. The molecule has 1 heterocycles. The Labute approximate surface area is 128 Å². The monoisotopic (exact) mass is 302 g/mol. The first-order valence-corrected chi connectivity index (χ1v) is 6.65. The molecule has 0 saturated carbocycles. The molecule has 0 aliphatic rings. The maximum atomic E-state index is 12.0. The van der Waals surface area contributed by atoms with Crippen LogP contribution >= 0.6 is 0 Å². The van der Waals surface area contributed by atoms with Crippen LogP contribution in [0.5, 0.6) is 5.75 Å². The van der Waals surface area contributed by atoms with Crippen LogP contribution in [-0.4, -0.2) is 30.2 Å². The van der Waals surface area contributed by atoms with E-state index in [9.17, 15) is 4.79 Å². The lowest BCUT2D eigenvalue weighted by atomic mass is 10.2. The van der Waals surface area contributed by atoms with Gasteiger partial charge in [-0.2, -0.15) is 0 Å². The van der Waals surface area contributed by atoms with E-state index in [4.69, 9.17) is 9.47 Å². The quantitative estimate of drug-likeness (QED) is 0.886. The molecular weight excluding hydrogens is 284 g/mol. The number of ether oxygens (including phenoxy) is 2. The molecule has 7 nitrogen and oxygen atoms in total. The van der Waals surface area contributed by atoms with Crippen molar-refractivity contribution in [2.24, 2.45) is 0 Å². The normalized spacial score (nSPS) is 10.1. The van der Waals surface area contributed by atoms with E-state index in [0.717, 1.165) is 11.3 Å². The maximum absolute atomic E-state index is 12.0. The fourth-order valence-corrected chi connectivity index (χ4v) is 1.82. The van der Waals surface area contributed by atoms with Gasteiger partial charge in [-0.3, -0.25) is 10.3 Å². The van der Waals surface area contributed by atoms with Crippen molar-refractivity contribution in [3.63, 3.8) is 0 Å². The van der Waals surface area contributed by atoms with Gasteiger partial charge in [0.2, 0.25) is 0 Å². The van der Waals surface area contributed by atoms with E-state index in [2.05, 4.69) is 20.6 Å². The zero-order valence-corrected chi connectivity index (χ0v) is 12.7. The number of methoxy groups -OCH3 is 2. The molecule has 7 heteroatoms. The summed E-state index contributed by atoms with van der Waals surface area (Å²) in [5.74, 6) is 0.928. The molecule has 0 unspecified atom stereocenters. The minimum absolute atomic E-state index is 0.373. The van der Waals surface area contributed by atoms with E-state index < -0.39 is 6.03 Å². The molecule has 1 aromatic carbocycles. The third kappa shape index (κ3) is 4.16. The molecule has 0 bridgehead atoms. The van der Waals surface area contributed by atoms with Crippen LogP contribution in [0, 0.1) is 6.92 Å². The summed E-state index contributed by atoms with van der Waals surface area (Å²) in [6.45, 7) is 2.30. The van der Waals surface area contributed by atoms with Crippen LogP contribution in [-0.2, 0) is 11.3 Å². The molecule has 0 radical (unpaired) electrons. The first kappa shape index (κ1) is 15.7. The number of rotatable bonds is 5. The molecule has 22 heavy (non-hydrogen) atoms. The van der Waals surface area contributed by atoms with Crippen molar-refractivity contribution >= 4 is 17.5 Å². The van der Waals surface area contributed by atoms with Crippen LogP contribution in [0.3, 0.4) is 0 Å². The first-order chi connectivity index (χ1) is 10.6. The van der Waals surface area contributed by atoms with Crippen LogP contribution < -0.4 is 15.4 Å². The number of carbonyl (C=O) groups is 1. The van der Waals surface area contributed by atoms with Crippen molar-refractivity contribution in [2.45, 2.75) is 13.5 Å². The van der Waals surface area contributed by atoms with E-state index in [-0.39, 0.29) is 0 Å². The van der Waals surface area contributed by atoms with E-state index in [0.29, 0.717) is 23.9 Å². The number of aromatic nitrogens is 2. The molecule has 0 saturated heterocycles. The highest BCUT2D eigenvalue weighted by Crippen LogP contribution is 2.26. The van der Waals surface area contributed by atoms with Gasteiger partial charge in [0.15, 0.2) is 5.82 Å². The summed E-state index contributed by atoms with van der Waals surface area (Å²) in [4.78, 5) is 20.1. The second-order valence-corrected chi connectivity index (χ2v) is 4.59. The van der Waals surface area contributed by atoms with Gasteiger partial charge in [-0.05, 0) is 24.6 Å². The average molecular weight is 302 g/mol. The molecule has 0 spiro atoms. The zero-order valence-electron chi connectivity index (χ0n) is 12.7. The topological polar surface area (TPSA) is 85.4 Å². The average Bonchev–Trinajstić information content (AvgIpc) is 2.51. The van der Waals surface area contributed by atoms with E-state index >= 15 is 0 Å². The number of anilines is 2. The van der Waals surface area contributed by atoms with Crippen molar-refractivity contribution in [1.29, 1.82) is 0 Å². The smallest absolute Gasteiger partial charge is 0.324 e. The van der Waals surface area contributed by atoms with Gasteiger partial charge in [0, 0.05) is 7.11 Å². The van der Waals surface area contributed by atoms with Gasteiger partial charge >= 0.3 is 6.03 Å². The Kier molecular flexibility index (Phi) is 5.26. The number of aryl methyl sites for hydroxylation is 1. The molecule has 0 fully saturated rings. The summed E-state index contributed by atoms with van der Waals surface area (Å²) in [7, 11) is 3.16. The highest BCUT2D eigenvalue weighted by atomic mass is 16.5. The second kappa shape index (κ2) is 7.37. The Bertz CT molecular complexity index is 644. The summed E-state index contributed by atoms with van der Waals surface area (Å²) in [6, 6.07) is 5.00. The lowest BCUT2D eigenvalue weighted by molar-refractivity contribution is 0.184. The van der Waals surface area contributed by atoms with E-state index in [1.54, 1.807) is 26.5 Å². The second-order valence-electron chi connectivity index (χ2n) is 4.59. The van der Waals surface area contributed by atoms with Crippen LogP contribution in [0.4, 0.5) is 16.3 Å². The predicted octanol–water partition coefficient (Wildman–Crippen LogP) is 2.58. The van der Waals surface area contributed by atoms with Gasteiger partial charge in [-0.1, -0.05) is 6.07 Å². The lowest BCUT2D eigenvalue weighted by Gasteiger charge is -2.12. The summed E-state index contributed by atoms with van der Waals surface area (Å²) < 4.78 is 10.3. The predicted molar refractivity (Wildman–Crippen MR) is 83.1 cm³/mol. The first-order valence-electron chi connectivity index (χ1n) is 6.65. The molecule has 2 amide bonds. The van der Waals surface area contributed by atoms with Crippen molar-refractivity contribution in [1.82, 2.24) is 9.97 Å². The molecule has 116 valence electrons. The SMILES string of the molecule is COCc1ccc(NC(=O)Nc2cnc(C)cn2)c(OC)c1. The van der Waals surface area contributed by atoms with Crippen molar-refractivity contribution in [3.05, 3.63) is 41.9 Å².